The van der Waals surface area contributed by atoms with Crippen LogP contribution in [0.3, 0.4) is 0 Å². The molecule has 0 radical (unpaired) electrons. The number of hydrogen-bond donors (Lipinski definition) is 0. The standard InChI is InChI=1S/C39H44N2O7S2Si/c1-25(2)47-49(43,44)31-13-17-35-27(21-31)9-7-19-40(35)29-11-15-33-37(23-29)51(5,6)38-24-30(12-16-34(38)39(33)42)41-20-8-10-28-22-32(14-18-36(28)41)50(45,46)48-26(3)4/h11-18,21-26H,7-10,19-20H2,1-6H3. The SMILES string of the molecule is CC(C)OS(=O)(=O)c1ccc2c(c1)CCCN2c1ccc2c(c1)[Si](C)(C)c1cc(N3CCCc4cc(S(=O)(=O)OC(C)C)ccc43)ccc1C2=O. The molecule has 0 saturated heterocycles. The third-order valence-corrected chi connectivity index (χ3v) is 16.5. The van der Waals surface area contributed by atoms with Gasteiger partial charge in [0, 0.05) is 47.0 Å². The van der Waals surface area contributed by atoms with Gasteiger partial charge in [-0.25, -0.2) is 0 Å². The van der Waals surface area contributed by atoms with Gasteiger partial charge in [0.15, 0.2) is 5.78 Å². The molecule has 0 N–H and O–H groups in total. The van der Waals surface area contributed by atoms with Crippen molar-refractivity contribution in [2.75, 3.05) is 22.9 Å². The van der Waals surface area contributed by atoms with Crippen molar-refractivity contribution in [3.8, 4) is 0 Å². The highest BCUT2D eigenvalue weighted by Gasteiger charge is 2.40. The number of ketones is 1. The predicted molar refractivity (Wildman–Crippen MR) is 203 cm³/mol. The molecule has 4 aromatic rings. The minimum Gasteiger partial charge on any atom is -0.341 e. The summed E-state index contributed by atoms with van der Waals surface area (Å²) in [5.74, 6) is 0.0167. The zero-order chi connectivity index (χ0) is 36.5. The fourth-order valence-electron chi connectivity index (χ4n) is 7.73. The number of benzene rings is 4. The van der Waals surface area contributed by atoms with Gasteiger partial charge in [-0.05, 0) is 148 Å². The average Bonchev–Trinajstić information content (AvgIpc) is 3.08. The van der Waals surface area contributed by atoms with E-state index in [0.717, 1.165) is 94.1 Å². The molecule has 7 rings (SSSR count). The molecular formula is C39H44N2O7S2Si. The van der Waals surface area contributed by atoms with Crippen molar-refractivity contribution in [3.05, 3.63) is 95.1 Å². The first-order valence-corrected chi connectivity index (χ1v) is 23.4. The second-order valence-electron chi connectivity index (χ2n) is 14.7. The van der Waals surface area contributed by atoms with Crippen LogP contribution < -0.4 is 20.2 Å². The summed E-state index contributed by atoms with van der Waals surface area (Å²) in [5, 5.41) is 2.15. The summed E-state index contributed by atoms with van der Waals surface area (Å²) in [5.41, 5.74) is 7.27. The number of carbonyl (C=O) groups excluding carboxylic acids is 1. The molecule has 0 spiro atoms. The summed E-state index contributed by atoms with van der Waals surface area (Å²) in [7, 11) is -10.1. The van der Waals surface area contributed by atoms with E-state index in [1.165, 1.54) is 0 Å². The van der Waals surface area contributed by atoms with Crippen LogP contribution in [0.2, 0.25) is 13.1 Å². The Kier molecular flexibility index (Phi) is 9.07. The minimum absolute atomic E-state index is 0.0167. The summed E-state index contributed by atoms with van der Waals surface area (Å²) in [6, 6.07) is 22.7. The van der Waals surface area contributed by atoms with Gasteiger partial charge < -0.3 is 9.80 Å². The van der Waals surface area contributed by atoms with E-state index in [-0.39, 0.29) is 15.6 Å². The molecule has 9 nitrogen and oxygen atoms in total. The van der Waals surface area contributed by atoms with Gasteiger partial charge in [-0.15, -0.1) is 0 Å². The van der Waals surface area contributed by atoms with Crippen LogP contribution in [-0.2, 0) is 41.4 Å². The van der Waals surface area contributed by atoms with E-state index in [1.807, 2.05) is 36.4 Å². The van der Waals surface area contributed by atoms with Gasteiger partial charge >= 0.3 is 0 Å². The molecular weight excluding hydrogens is 701 g/mol. The van der Waals surface area contributed by atoms with Crippen LogP contribution in [0.1, 0.15) is 67.6 Å². The Hall–Kier alpha value is -3.81. The lowest BCUT2D eigenvalue weighted by atomic mass is 9.98. The molecule has 0 amide bonds. The zero-order valence-electron chi connectivity index (χ0n) is 29.9. The van der Waals surface area contributed by atoms with Crippen LogP contribution in [0, 0.1) is 0 Å². The lowest BCUT2D eigenvalue weighted by molar-refractivity contribution is 0.104. The Balaban J connectivity index is 1.23. The Morgan fingerprint density at radius 3 is 1.41 bits per heavy atom. The minimum atomic E-state index is -3.86. The van der Waals surface area contributed by atoms with Gasteiger partial charge in [-0.1, -0.05) is 13.1 Å². The summed E-state index contributed by atoms with van der Waals surface area (Å²) >= 11 is 0. The molecule has 268 valence electrons. The Morgan fingerprint density at radius 2 is 1.02 bits per heavy atom. The van der Waals surface area contributed by atoms with Crippen molar-refractivity contribution >= 4 is 67.2 Å². The third kappa shape index (κ3) is 6.46. The third-order valence-electron chi connectivity index (χ3n) is 10.0. The van der Waals surface area contributed by atoms with Crippen molar-refractivity contribution in [1.82, 2.24) is 0 Å². The molecule has 0 unspecified atom stereocenters. The van der Waals surface area contributed by atoms with Gasteiger partial charge in [-0.2, -0.15) is 16.8 Å². The monoisotopic (exact) mass is 744 g/mol. The van der Waals surface area contributed by atoms with Gasteiger partial charge in [0.05, 0.1) is 22.0 Å². The Morgan fingerprint density at radius 1 is 0.608 bits per heavy atom. The molecule has 0 atom stereocenters. The number of nitrogens with zero attached hydrogens (tertiary/aromatic N) is 2. The number of aryl methyl sites for hydroxylation is 2. The predicted octanol–water partition coefficient (Wildman–Crippen LogP) is 6.45. The van der Waals surface area contributed by atoms with E-state index in [9.17, 15) is 21.6 Å². The van der Waals surface area contributed by atoms with Crippen LogP contribution in [0.25, 0.3) is 0 Å². The number of fused-ring (bicyclic) bond motifs is 4. The van der Waals surface area contributed by atoms with E-state index < -0.39 is 40.5 Å². The van der Waals surface area contributed by atoms with Crippen molar-refractivity contribution < 1.29 is 30.0 Å². The number of hydrogen-bond acceptors (Lipinski definition) is 9. The van der Waals surface area contributed by atoms with E-state index >= 15 is 0 Å². The fourth-order valence-corrected chi connectivity index (χ4v) is 13.1. The quantitative estimate of drug-likeness (QED) is 0.149. The van der Waals surface area contributed by atoms with E-state index in [2.05, 4.69) is 35.0 Å². The van der Waals surface area contributed by atoms with Crippen LogP contribution in [-0.4, -0.2) is 56.0 Å². The number of anilines is 4. The Bertz CT molecular complexity index is 2130. The summed E-state index contributed by atoms with van der Waals surface area (Å²) in [4.78, 5) is 18.8. The average molecular weight is 745 g/mol. The molecule has 51 heavy (non-hydrogen) atoms. The molecule has 3 aliphatic heterocycles. The molecule has 12 heteroatoms. The van der Waals surface area contributed by atoms with Gasteiger partial charge in [-0.3, -0.25) is 13.2 Å². The van der Waals surface area contributed by atoms with Crippen LogP contribution in [0.15, 0.2) is 82.6 Å². The molecule has 0 aromatic heterocycles. The van der Waals surface area contributed by atoms with Crippen LogP contribution in [0.5, 0.6) is 0 Å². The van der Waals surface area contributed by atoms with Crippen molar-refractivity contribution in [2.24, 2.45) is 0 Å². The summed E-state index contributed by atoms with van der Waals surface area (Å²) in [6.45, 7) is 12.9. The van der Waals surface area contributed by atoms with E-state index in [4.69, 9.17) is 8.37 Å². The van der Waals surface area contributed by atoms with Gasteiger partial charge in [0.25, 0.3) is 20.2 Å². The van der Waals surface area contributed by atoms with E-state index in [1.54, 1.807) is 52.0 Å². The molecule has 4 aromatic carbocycles. The van der Waals surface area contributed by atoms with Crippen molar-refractivity contribution in [1.29, 1.82) is 0 Å². The zero-order valence-corrected chi connectivity index (χ0v) is 32.5. The molecule has 3 heterocycles. The van der Waals surface area contributed by atoms with Crippen LogP contribution in [0.4, 0.5) is 22.7 Å². The topological polar surface area (TPSA) is 110 Å². The molecule has 0 aliphatic carbocycles. The van der Waals surface area contributed by atoms with Gasteiger partial charge in [0.1, 0.15) is 8.07 Å². The first kappa shape index (κ1) is 35.6. The summed E-state index contributed by atoms with van der Waals surface area (Å²) in [6.07, 6.45) is 2.35. The fraction of sp³-hybridized carbons (Fsp3) is 0.359. The van der Waals surface area contributed by atoms with Crippen LogP contribution >= 0.6 is 0 Å². The van der Waals surface area contributed by atoms with Crippen molar-refractivity contribution in [3.63, 3.8) is 0 Å². The molecule has 0 bridgehead atoms. The summed E-state index contributed by atoms with van der Waals surface area (Å²) < 4.78 is 61.8. The highest BCUT2D eigenvalue weighted by atomic mass is 32.2. The van der Waals surface area contributed by atoms with Gasteiger partial charge in [0.2, 0.25) is 0 Å². The highest BCUT2D eigenvalue weighted by molar-refractivity contribution is 7.87. The first-order valence-electron chi connectivity index (χ1n) is 17.6. The second-order valence-corrected chi connectivity index (χ2v) is 22.2. The Labute approximate surface area is 302 Å². The van der Waals surface area contributed by atoms with E-state index in [0.29, 0.717) is 0 Å². The molecule has 0 saturated carbocycles. The smallest absolute Gasteiger partial charge is 0.297 e. The first-order chi connectivity index (χ1) is 24.1. The second kappa shape index (κ2) is 13.0. The number of rotatable bonds is 8. The maximum Gasteiger partial charge on any atom is 0.297 e. The maximum atomic E-state index is 14.0. The van der Waals surface area contributed by atoms with Crippen molar-refractivity contribution in [2.45, 2.75) is 88.5 Å². The highest BCUT2D eigenvalue weighted by Crippen LogP contribution is 2.38. The lowest BCUT2D eigenvalue weighted by Gasteiger charge is -2.37. The molecule has 0 fully saturated rings. The largest absolute Gasteiger partial charge is 0.341 e. The normalized spacial score (nSPS) is 16.9. The maximum absolute atomic E-state index is 14.0. The number of carbonyl (C=O) groups is 1. The molecule has 3 aliphatic rings. The lowest BCUT2D eigenvalue weighted by Crippen LogP contribution is -2.60.